The van der Waals surface area contributed by atoms with E-state index in [1.54, 1.807) is 12.4 Å². The molecule has 0 radical (unpaired) electrons. The van der Waals surface area contributed by atoms with Crippen molar-refractivity contribution >= 4 is 34.0 Å². The normalized spacial score (nSPS) is 8.50. The molecule has 0 bridgehead atoms. The van der Waals surface area contributed by atoms with Gasteiger partial charge in [-0.1, -0.05) is 15.9 Å². The topological polar surface area (TPSA) is 38.9 Å². The van der Waals surface area contributed by atoms with E-state index < -0.39 is 0 Å². The second kappa shape index (κ2) is 4.52. The zero-order valence-electron chi connectivity index (χ0n) is 5.25. The molecule has 0 atom stereocenters. The first-order valence-electron chi connectivity index (χ1n) is 2.58. The maximum atomic E-state index is 5.45. The Morgan fingerprint density at radius 1 is 1.50 bits per heavy atom. The standard InChI is InChI=1S/C6H7BrN2.ClH/c7-2-5-1-6(8)4-9-3-5;/h1,3-4H,2,8H2;1H. The van der Waals surface area contributed by atoms with E-state index in [9.17, 15) is 0 Å². The van der Waals surface area contributed by atoms with Crippen molar-refractivity contribution in [2.75, 3.05) is 5.73 Å². The van der Waals surface area contributed by atoms with Gasteiger partial charge in [0, 0.05) is 17.7 Å². The van der Waals surface area contributed by atoms with Crippen LogP contribution in [-0.4, -0.2) is 4.98 Å². The summed E-state index contributed by atoms with van der Waals surface area (Å²) in [6.07, 6.45) is 3.41. The van der Waals surface area contributed by atoms with Gasteiger partial charge in [-0.25, -0.2) is 0 Å². The highest BCUT2D eigenvalue weighted by Crippen LogP contribution is 2.06. The monoisotopic (exact) mass is 222 g/mol. The minimum atomic E-state index is 0. The predicted octanol–water partition coefficient (Wildman–Crippen LogP) is 1.98. The highest BCUT2D eigenvalue weighted by Gasteiger charge is 1.88. The first-order chi connectivity index (χ1) is 4.33. The average Bonchev–Trinajstić information content (AvgIpc) is 1.88. The summed E-state index contributed by atoms with van der Waals surface area (Å²) in [6.45, 7) is 0. The number of hydrogen-bond acceptors (Lipinski definition) is 2. The Kier molecular flexibility index (Phi) is 4.40. The molecule has 2 nitrogen and oxygen atoms in total. The Morgan fingerprint density at radius 3 is 2.60 bits per heavy atom. The summed E-state index contributed by atoms with van der Waals surface area (Å²) in [5, 5.41) is 0.811. The van der Waals surface area contributed by atoms with Gasteiger partial charge in [0.05, 0.1) is 5.69 Å². The molecule has 0 saturated carbocycles. The van der Waals surface area contributed by atoms with Crippen molar-refractivity contribution in [3.05, 3.63) is 24.0 Å². The van der Waals surface area contributed by atoms with Crippen LogP contribution in [0, 0.1) is 0 Å². The molecule has 0 unspecified atom stereocenters. The number of hydrogen-bond donors (Lipinski definition) is 1. The smallest absolute Gasteiger partial charge is 0.0503 e. The molecule has 10 heavy (non-hydrogen) atoms. The lowest BCUT2D eigenvalue weighted by Gasteiger charge is -1.93. The zero-order valence-corrected chi connectivity index (χ0v) is 7.65. The first kappa shape index (κ1) is 9.72. The van der Waals surface area contributed by atoms with Gasteiger partial charge in [0.25, 0.3) is 0 Å². The number of rotatable bonds is 1. The fraction of sp³-hybridized carbons (Fsp3) is 0.167. The molecular formula is C6H8BrClN2. The molecular weight excluding hydrogens is 215 g/mol. The van der Waals surface area contributed by atoms with Crippen LogP contribution in [-0.2, 0) is 5.33 Å². The largest absolute Gasteiger partial charge is 0.397 e. The summed E-state index contributed by atoms with van der Waals surface area (Å²) in [5.74, 6) is 0. The number of halogens is 2. The lowest BCUT2D eigenvalue weighted by molar-refractivity contribution is 1.26. The van der Waals surface area contributed by atoms with E-state index in [-0.39, 0.29) is 12.4 Å². The number of aromatic nitrogens is 1. The Bertz CT molecular complexity index is 205. The van der Waals surface area contributed by atoms with E-state index in [0.717, 1.165) is 10.9 Å². The van der Waals surface area contributed by atoms with Gasteiger partial charge < -0.3 is 5.73 Å². The summed E-state index contributed by atoms with van der Waals surface area (Å²) in [4.78, 5) is 3.90. The second-order valence-electron chi connectivity index (χ2n) is 1.76. The summed E-state index contributed by atoms with van der Waals surface area (Å²) in [7, 11) is 0. The van der Waals surface area contributed by atoms with Crippen LogP contribution in [0.5, 0.6) is 0 Å². The van der Waals surface area contributed by atoms with Crippen LogP contribution >= 0.6 is 28.3 Å². The summed E-state index contributed by atoms with van der Waals surface area (Å²) in [6, 6.07) is 1.89. The maximum absolute atomic E-state index is 5.45. The summed E-state index contributed by atoms with van der Waals surface area (Å²) >= 11 is 3.30. The molecule has 1 aromatic heterocycles. The molecule has 1 heterocycles. The van der Waals surface area contributed by atoms with Gasteiger partial charge in [-0.2, -0.15) is 0 Å². The van der Waals surface area contributed by atoms with Gasteiger partial charge in [0.15, 0.2) is 0 Å². The van der Waals surface area contributed by atoms with E-state index >= 15 is 0 Å². The van der Waals surface area contributed by atoms with E-state index in [1.807, 2.05) is 6.07 Å². The highest BCUT2D eigenvalue weighted by molar-refractivity contribution is 9.08. The van der Waals surface area contributed by atoms with Crippen molar-refractivity contribution in [1.29, 1.82) is 0 Å². The number of pyridine rings is 1. The van der Waals surface area contributed by atoms with Crippen molar-refractivity contribution in [3.63, 3.8) is 0 Å². The minimum Gasteiger partial charge on any atom is -0.397 e. The second-order valence-corrected chi connectivity index (χ2v) is 2.32. The van der Waals surface area contributed by atoms with Gasteiger partial charge in [-0.15, -0.1) is 12.4 Å². The molecule has 0 spiro atoms. The third-order valence-corrected chi connectivity index (χ3v) is 1.62. The number of alkyl halides is 1. The number of nitrogens with zero attached hydrogens (tertiary/aromatic N) is 1. The third kappa shape index (κ3) is 2.54. The first-order valence-corrected chi connectivity index (χ1v) is 3.70. The van der Waals surface area contributed by atoms with Crippen molar-refractivity contribution in [3.8, 4) is 0 Å². The minimum absolute atomic E-state index is 0. The van der Waals surface area contributed by atoms with Gasteiger partial charge in [-0.05, 0) is 11.6 Å². The van der Waals surface area contributed by atoms with Crippen LogP contribution < -0.4 is 5.73 Å². The lowest BCUT2D eigenvalue weighted by atomic mass is 10.3. The number of nitrogens with two attached hydrogens (primary N) is 1. The molecule has 0 fully saturated rings. The number of nitrogen functional groups attached to an aromatic ring is 1. The van der Waals surface area contributed by atoms with E-state index in [1.165, 1.54) is 0 Å². The molecule has 56 valence electrons. The quantitative estimate of drug-likeness (QED) is 0.740. The Hall–Kier alpha value is -0.280. The molecule has 0 saturated heterocycles. The van der Waals surface area contributed by atoms with Crippen molar-refractivity contribution < 1.29 is 0 Å². The van der Waals surface area contributed by atoms with Gasteiger partial charge in [0.1, 0.15) is 0 Å². The predicted molar refractivity (Wildman–Crippen MR) is 48.5 cm³/mol. The Morgan fingerprint density at radius 2 is 2.20 bits per heavy atom. The molecule has 0 amide bonds. The van der Waals surface area contributed by atoms with Crippen LogP contribution in [0.2, 0.25) is 0 Å². The zero-order chi connectivity index (χ0) is 6.69. The Balaban J connectivity index is 0.000000810. The maximum Gasteiger partial charge on any atom is 0.0503 e. The average molecular weight is 224 g/mol. The van der Waals surface area contributed by atoms with Crippen LogP contribution in [0.4, 0.5) is 5.69 Å². The summed E-state index contributed by atoms with van der Waals surface area (Å²) < 4.78 is 0. The molecule has 0 aliphatic heterocycles. The SMILES string of the molecule is Cl.Nc1cncc(CBr)c1. The summed E-state index contributed by atoms with van der Waals surface area (Å²) in [5.41, 5.74) is 7.27. The molecule has 2 N–H and O–H groups in total. The number of anilines is 1. The van der Waals surface area contributed by atoms with Crippen molar-refractivity contribution in [2.24, 2.45) is 0 Å². The van der Waals surface area contributed by atoms with Crippen molar-refractivity contribution in [1.82, 2.24) is 4.98 Å². The van der Waals surface area contributed by atoms with Gasteiger partial charge >= 0.3 is 0 Å². The van der Waals surface area contributed by atoms with E-state index in [0.29, 0.717) is 5.69 Å². The third-order valence-electron chi connectivity index (χ3n) is 0.970. The van der Waals surface area contributed by atoms with Crippen molar-refractivity contribution in [2.45, 2.75) is 5.33 Å². The van der Waals surface area contributed by atoms with E-state index in [2.05, 4.69) is 20.9 Å². The molecule has 4 heteroatoms. The fourth-order valence-corrected chi connectivity index (χ4v) is 0.887. The van der Waals surface area contributed by atoms with Crippen LogP contribution in [0.1, 0.15) is 5.56 Å². The lowest BCUT2D eigenvalue weighted by Crippen LogP contribution is -1.87. The van der Waals surface area contributed by atoms with E-state index in [4.69, 9.17) is 5.73 Å². The molecule has 1 rings (SSSR count). The molecule has 1 aromatic rings. The molecule has 0 aromatic carbocycles. The van der Waals surface area contributed by atoms with Crippen LogP contribution in [0.15, 0.2) is 18.5 Å². The Labute approximate surface area is 74.4 Å². The van der Waals surface area contributed by atoms with Gasteiger partial charge in [-0.3, -0.25) is 4.98 Å². The van der Waals surface area contributed by atoms with Crippen LogP contribution in [0.25, 0.3) is 0 Å². The molecule has 0 aliphatic carbocycles. The fourth-order valence-electron chi connectivity index (χ4n) is 0.581. The highest BCUT2D eigenvalue weighted by atomic mass is 79.9. The molecule has 0 aliphatic rings. The van der Waals surface area contributed by atoms with Gasteiger partial charge in [0.2, 0.25) is 0 Å². The van der Waals surface area contributed by atoms with Crippen LogP contribution in [0.3, 0.4) is 0 Å².